The number of hydrogen-bond acceptors (Lipinski definition) is 5. The summed E-state index contributed by atoms with van der Waals surface area (Å²) in [4.78, 5) is 5.19. The zero-order chi connectivity index (χ0) is 12.3. The highest BCUT2D eigenvalue weighted by molar-refractivity contribution is 7.09. The lowest BCUT2D eigenvalue weighted by Gasteiger charge is -2.14. The molecule has 0 radical (unpaired) electrons. The molecule has 0 spiro atoms. The van der Waals surface area contributed by atoms with E-state index in [1.807, 2.05) is 12.3 Å². The van der Waals surface area contributed by atoms with Crippen LogP contribution in [0.2, 0.25) is 0 Å². The lowest BCUT2D eigenvalue weighted by molar-refractivity contribution is 0.373. The summed E-state index contributed by atoms with van der Waals surface area (Å²) in [6.45, 7) is 2.05. The number of aromatic hydroxyl groups is 1. The second-order valence-corrected chi connectivity index (χ2v) is 4.57. The number of benzene rings is 1. The van der Waals surface area contributed by atoms with Gasteiger partial charge in [-0.3, -0.25) is 4.98 Å². The van der Waals surface area contributed by atoms with Crippen LogP contribution in [0.5, 0.6) is 11.5 Å². The van der Waals surface area contributed by atoms with E-state index in [1.54, 1.807) is 29.0 Å². The van der Waals surface area contributed by atoms with Crippen LogP contribution >= 0.6 is 11.3 Å². The Kier molecular flexibility index (Phi) is 3.49. The largest absolute Gasteiger partial charge is 0.504 e. The van der Waals surface area contributed by atoms with Gasteiger partial charge in [0.15, 0.2) is 11.5 Å². The fourth-order valence-electron chi connectivity index (χ4n) is 1.54. The van der Waals surface area contributed by atoms with E-state index in [0.717, 1.165) is 10.6 Å². The predicted octanol–water partition coefficient (Wildman–Crippen LogP) is 3.03. The molecule has 0 saturated carbocycles. The highest BCUT2D eigenvalue weighted by atomic mass is 32.1. The van der Waals surface area contributed by atoms with E-state index < -0.39 is 0 Å². The molecule has 0 aliphatic heterocycles. The van der Waals surface area contributed by atoms with Crippen LogP contribution in [0, 0.1) is 0 Å². The van der Waals surface area contributed by atoms with E-state index in [-0.39, 0.29) is 11.8 Å². The minimum Gasteiger partial charge on any atom is -0.504 e. The van der Waals surface area contributed by atoms with Gasteiger partial charge in [0.25, 0.3) is 0 Å². The molecule has 1 aromatic heterocycles. The van der Waals surface area contributed by atoms with Crippen LogP contribution in [-0.2, 0) is 0 Å². The fourth-order valence-corrected chi connectivity index (χ4v) is 2.17. The van der Waals surface area contributed by atoms with E-state index in [4.69, 9.17) is 4.74 Å². The molecule has 1 heterocycles. The number of ether oxygens (including phenoxy) is 1. The van der Waals surface area contributed by atoms with Gasteiger partial charge in [-0.15, -0.1) is 11.3 Å². The number of phenolic OH excluding ortho intramolecular Hbond substituents is 1. The molecular weight excluding hydrogens is 236 g/mol. The zero-order valence-electron chi connectivity index (χ0n) is 9.68. The quantitative estimate of drug-likeness (QED) is 0.875. The Bertz CT molecular complexity index is 485. The number of rotatable bonds is 4. The zero-order valence-corrected chi connectivity index (χ0v) is 10.5. The van der Waals surface area contributed by atoms with Crippen LogP contribution in [-0.4, -0.2) is 17.2 Å². The van der Waals surface area contributed by atoms with Crippen molar-refractivity contribution in [2.45, 2.75) is 13.0 Å². The van der Waals surface area contributed by atoms with Crippen molar-refractivity contribution < 1.29 is 9.84 Å². The average molecular weight is 250 g/mol. The second kappa shape index (κ2) is 5.05. The fraction of sp³-hybridized carbons (Fsp3) is 0.250. The number of aromatic nitrogens is 1. The Morgan fingerprint density at radius 1 is 1.47 bits per heavy atom. The second-order valence-electron chi connectivity index (χ2n) is 3.66. The molecule has 4 nitrogen and oxygen atoms in total. The maximum atomic E-state index is 9.66. The molecular formula is C12H14N2O2S. The summed E-state index contributed by atoms with van der Waals surface area (Å²) < 4.78 is 4.99. The van der Waals surface area contributed by atoms with E-state index in [9.17, 15) is 5.11 Å². The van der Waals surface area contributed by atoms with Gasteiger partial charge in [-0.1, -0.05) is 0 Å². The third-order valence-corrected chi connectivity index (χ3v) is 3.40. The summed E-state index contributed by atoms with van der Waals surface area (Å²) in [6, 6.07) is 5.42. The monoisotopic (exact) mass is 250 g/mol. The molecule has 1 unspecified atom stereocenters. The van der Waals surface area contributed by atoms with E-state index in [0.29, 0.717) is 5.75 Å². The van der Waals surface area contributed by atoms with Gasteiger partial charge in [0.1, 0.15) is 0 Å². The maximum Gasteiger partial charge on any atom is 0.160 e. The van der Waals surface area contributed by atoms with Crippen molar-refractivity contribution >= 4 is 17.0 Å². The van der Waals surface area contributed by atoms with Gasteiger partial charge in [-0.2, -0.15) is 0 Å². The van der Waals surface area contributed by atoms with Gasteiger partial charge >= 0.3 is 0 Å². The molecule has 0 fully saturated rings. The van der Waals surface area contributed by atoms with E-state index in [1.165, 1.54) is 7.11 Å². The first-order valence-corrected chi connectivity index (χ1v) is 6.10. The molecule has 0 amide bonds. The Labute approximate surface area is 104 Å². The maximum absolute atomic E-state index is 9.66. The van der Waals surface area contributed by atoms with Crippen molar-refractivity contribution in [3.8, 4) is 11.5 Å². The molecule has 90 valence electrons. The third-order valence-electron chi connectivity index (χ3n) is 2.44. The molecule has 1 aromatic carbocycles. The number of methoxy groups -OCH3 is 1. The van der Waals surface area contributed by atoms with Crippen LogP contribution in [0.4, 0.5) is 5.69 Å². The van der Waals surface area contributed by atoms with Gasteiger partial charge < -0.3 is 15.2 Å². The average Bonchev–Trinajstić information content (AvgIpc) is 2.82. The minimum absolute atomic E-state index is 0.133. The predicted molar refractivity (Wildman–Crippen MR) is 68.8 cm³/mol. The normalized spacial score (nSPS) is 12.1. The summed E-state index contributed by atoms with van der Waals surface area (Å²) in [7, 11) is 1.53. The van der Waals surface area contributed by atoms with Gasteiger partial charge in [-0.05, 0) is 19.1 Å². The molecule has 1 atom stereocenters. The van der Waals surface area contributed by atoms with Crippen molar-refractivity contribution in [2.75, 3.05) is 12.4 Å². The lowest BCUT2D eigenvalue weighted by Crippen LogP contribution is -2.04. The number of nitrogens with zero attached hydrogens (tertiary/aromatic N) is 1. The van der Waals surface area contributed by atoms with Gasteiger partial charge in [-0.25, -0.2) is 0 Å². The summed E-state index contributed by atoms with van der Waals surface area (Å²) >= 11 is 1.60. The first-order valence-electron chi connectivity index (χ1n) is 5.22. The van der Waals surface area contributed by atoms with Crippen LogP contribution < -0.4 is 10.1 Å². The van der Waals surface area contributed by atoms with Crippen LogP contribution in [0.1, 0.15) is 17.8 Å². The number of thiazole rings is 1. The molecule has 0 aliphatic rings. The number of phenols is 1. The SMILES string of the molecule is COc1ccc(NC(C)c2cncs2)cc1O. The first-order chi connectivity index (χ1) is 8.20. The van der Waals surface area contributed by atoms with Crippen LogP contribution in [0.15, 0.2) is 29.9 Å². The van der Waals surface area contributed by atoms with Gasteiger partial charge in [0.05, 0.1) is 18.7 Å². The molecule has 5 heteroatoms. The van der Waals surface area contributed by atoms with Crippen molar-refractivity contribution in [1.29, 1.82) is 0 Å². The minimum atomic E-state index is 0.133. The van der Waals surface area contributed by atoms with Crippen LogP contribution in [0.3, 0.4) is 0 Å². The third kappa shape index (κ3) is 2.68. The van der Waals surface area contributed by atoms with Gasteiger partial charge in [0, 0.05) is 22.8 Å². The lowest BCUT2D eigenvalue weighted by atomic mass is 10.2. The molecule has 2 N–H and O–H groups in total. The van der Waals surface area contributed by atoms with Crippen molar-refractivity contribution in [1.82, 2.24) is 4.98 Å². The Morgan fingerprint density at radius 2 is 2.29 bits per heavy atom. The number of nitrogens with one attached hydrogen (secondary N) is 1. The van der Waals surface area contributed by atoms with Crippen molar-refractivity contribution in [2.24, 2.45) is 0 Å². The highest BCUT2D eigenvalue weighted by Gasteiger charge is 2.08. The van der Waals surface area contributed by atoms with E-state index in [2.05, 4.69) is 17.2 Å². The van der Waals surface area contributed by atoms with Crippen LogP contribution in [0.25, 0.3) is 0 Å². The molecule has 2 aromatic rings. The molecule has 0 aliphatic carbocycles. The smallest absolute Gasteiger partial charge is 0.160 e. The molecule has 2 rings (SSSR count). The van der Waals surface area contributed by atoms with Crippen molar-refractivity contribution in [3.05, 3.63) is 34.8 Å². The summed E-state index contributed by atoms with van der Waals surface area (Å²) in [5, 5.41) is 13.0. The van der Waals surface area contributed by atoms with Gasteiger partial charge in [0.2, 0.25) is 0 Å². The Hall–Kier alpha value is -1.75. The molecule has 0 bridgehead atoms. The van der Waals surface area contributed by atoms with Crippen molar-refractivity contribution in [3.63, 3.8) is 0 Å². The van der Waals surface area contributed by atoms with E-state index >= 15 is 0 Å². The highest BCUT2D eigenvalue weighted by Crippen LogP contribution is 2.30. The first kappa shape index (κ1) is 11.7. The summed E-state index contributed by atoms with van der Waals surface area (Å²) in [5.74, 6) is 0.606. The topological polar surface area (TPSA) is 54.4 Å². The number of anilines is 1. The molecule has 0 saturated heterocycles. The summed E-state index contributed by atoms with van der Waals surface area (Å²) in [5.41, 5.74) is 2.66. The Morgan fingerprint density at radius 3 is 2.88 bits per heavy atom. The Balaban J connectivity index is 2.11. The summed E-state index contributed by atoms with van der Waals surface area (Å²) in [6.07, 6.45) is 1.84. The standard InChI is InChI=1S/C12H14N2O2S/c1-8(12-6-13-7-17-12)14-9-3-4-11(16-2)10(15)5-9/h3-8,14-15H,1-2H3. The molecule has 17 heavy (non-hydrogen) atoms. The number of hydrogen-bond donors (Lipinski definition) is 2.